The van der Waals surface area contributed by atoms with Gasteiger partial charge in [0.2, 0.25) is 0 Å². The molecule has 0 radical (unpaired) electrons. The molecule has 10 nitrogen and oxygen atoms in total. The number of nitrogens with one attached hydrogen (secondary N) is 2. The molecule has 0 saturated carbocycles. The summed E-state index contributed by atoms with van der Waals surface area (Å²) in [7, 11) is -3.54. The van der Waals surface area contributed by atoms with Gasteiger partial charge >= 0.3 is 0 Å². The highest BCUT2D eigenvalue weighted by Gasteiger charge is 2.29. The number of aryl methyl sites for hydroxylation is 1. The number of piperazine rings is 1. The molecule has 1 aliphatic rings. The van der Waals surface area contributed by atoms with E-state index in [0.717, 1.165) is 11.4 Å². The molecule has 3 aromatic heterocycles. The molecule has 28 heavy (non-hydrogen) atoms. The molecule has 0 aliphatic carbocycles. The van der Waals surface area contributed by atoms with Gasteiger partial charge in [0.25, 0.3) is 10.0 Å². The summed E-state index contributed by atoms with van der Waals surface area (Å²) in [5.41, 5.74) is 1.10. The van der Waals surface area contributed by atoms with E-state index < -0.39 is 10.0 Å². The van der Waals surface area contributed by atoms with Gasteiger partial charge in [-0.1, -0.05) is 0 Å². The van der Waals surface area contributed by atoms with Gasteiger partial charge in [0.1, 0.15) is 23.8 Å². The Bertz CT molecular complexity index is 1050. The third-order valence-corrected chi connectivity index (χ3v) is 6.30. The zero-order valence-electron chi connectivity index (χ0n) is 15.3. The van der Waals surface area contributed by atoms with Crippen LogP contribution < -0.4 is 10.2 Å². The average molecular weight is 400 g/mol. The van der Waals surface area contributed by atoms with Crippen LogP contribution in [0.15, 0.2) is 48.3 Å². The summed E-state index contributed by atoms with van der Waals surface area (Å²) in [6, 6.07) is 5.69. The van der Waals surface area contributed by atoms with Crippen molar-refractivity contribution < 1.29 is 8.42 Å². The first kappa shape index (κ1) is 18.3. The highest BCUT2D eigenvalue weighted by molar-refractivity contribution is 7.89. The minimum absolute atomic E-state index is 0.111. The van der Waals surface area contributed by atoms with Crippen molar-refractivity contribution in [2.75, 3.05) is 36.4 Å². The molecule has 146 valence electrons. The molecule has 0 spiro atoms. The van der Waals surface area contributed by atoms with E-state index in [1.807, 2.05) is 30.0 Å². The van der Waals surface area contributed by atoms with E-state index in [2.05, 4.69) is 30.2 Å². The molecule has 0 aromatic carbocycles. The van der Waals surface area contributed by atoms with Gasteiger partial charge in [0.15, 0.2) is 5.03 Å². The largest absolute Gasteiger partial charge is 0.354 e. The van der Waals surface area contributed by atoms with Crippen LogP contribution in [0, 0.1) is 6.92 Å². The standard InChI is InChI=1S/C17H20N8O2S/c1-13-2-3-19-14(8-13)23-15-9-16(21-12-20-15)24-4-6-25(7-5-24)28(26,27)17-10-18-11-22-17/h2-3,8-12H,4-7H2,1H3,(H,18,22)(H,19,20,21,23). The Morgan fingerprint density at radius 1 is 1.07 bits per heavy atom. The third-order valence-electron chi connectivity index (χ3n) is 4.48. The van der Waals surface area contributed by atoms with E-state index in [9.17, 15) is 8.42 Å². The molecule has 1 aliphatic heterocycles. The highest BCUT2D eigenvalue weighted by Crippen LogP contribution is 2.21. The predicted molar refractivity (Wildman–Crippen MR) is 104 cm³/mol. The summed E-state index contributed by atoms with van der Waals surface area (Å²) in [6.45, 7) is 3.80. The maximum atomic E-state index is 12.6. The maximum absolute atomic E-state index is 12.6. The van der Waals surface area contributed by atoms with Crippen LogP contribution in [-0.2, 0) is 10.0 Å². The zero-order chi connectivity index (χ0) is 19.6. The number of aromatic nitrogens is 5. The number of imidazole rings is 1. The molecule has 0 amide bonds. The predicted octanol–water partition coefficient (Wildman–Crippen LogP) is 1.16. The molecule has 1 saturated heterocycles. The van der Waals surface area contributed by atoms with Crippen LogP contribution >= 0.6 is 0 Å². The SMILES string of the molecule is Cc1ccnc(Nc2cc(N3CCN(S(=O)(=O)c4cnc[nH]4)CC3)ncn2)c1. The van der Waals surface area contributed by atoms with Crippen LogP contribution in [0.25, 0.3) is 0 Å². The van der Waals surface area contributed by atoms with Crippen molar-refractivity contribution >= 4 is 27.5 Å². The molecule has 0 atom stereocenters. The molecular formula is C17H20N8O2S. The lowest BCUT2D eigenvalue weighted by Crippen LogP contribution is -2.49. The van der Waals surface area contributed by atoms with Crippen molar-refractivity contribution in [3.63, 3.8) is 0 Å². The van der Waals surface area contributed by atoms with Crippen molar-refractivity contribution in [2.45, 2.75) is 11.9 Å². The van der Waals surface area contributed by atoms with Gasteiger partial charge in [-0.25, -0.2) is 28.4 Å². The summed E-state index contributed by atoms with van der Waals surface area (Å²) in [5, 5.41) is 3.28. The highest BCUT2D eigenvalue weighted by atomic mass is 32.2. The molecule has 4 heterocycles. The lowest BCUT2D eigenvalue weighted by Gasteiger charge is -2.34. The summed E-state index contributed by atoms with van der Waals surface area (Å²) in [6.07, 6.45) is 5.91. The van der Waals surface area contributed by atoms with Gasteiger partial charge in [-0.2, -0.15) is 4.31 Å². The first-order valence-corrected chi connectivity index (χ1v) is 10.2. The first-order valence-electron chi connectivity index (χ1n) is 8.77. The van der Waals surface area contributed by atoms with E-state index in [1.165, 1.54) is 23.2 Å². The normalized spacial score (nSPS) is 15.5. The third kappa shape index (κ3) is 3.80. The summed E-state index contributed by atoms with van der Waals surface area (Å²) < 4.78 is 26.6. The fraction of sp³-hybridized carbons (Fsp3) is 0.294. The Morgan fingerprint density at radius 2 is 1.86 bits per heavy atom. The monoisotopic (exact) mass is 400 g/mol. The van der Waals surface area contributed by atoms with Gasteiger partial charge in [0, 0.05) is 38.4 Å². The smallest absolute Gasteiger partial charge is 0.260 e. The van der Waals surface area contributed by atoms with Crippen molar-refractivity contribution in [2.24, 2.45) is 0 Å². The Hall–Kier alpha value is -3.05. The van der Waals surface area contributed by atoms with Crippen molar-refractivity contribution in [3.8, 4) is 0 Å². The number of nitrogens with zero attached hydrogens (tertiary/aromatic N) is 6. The van der Waals surface area contributed by atoms with E-state index in [0.29, 0.717) is 37.8 Å². The molecule has 3 aromatic rings. The number of sulfonamides is 1. The Kier molecular flexibility index (Phi) is 4.92. The number of rotatable bonds is 5. The van der Waals surface area contributed by atoms with Crippen LogP contribution in [0.2, 0.25) is 0 Å². The number of hydrogen-bond acceptors (Lipinski definition) is 8. The first-order chi connectivity index (χ1) is 13.5. The molecule has 4 rings (SSSR count). The summed E-state index contributed by atoms with van der Waals surface area (Å²) in [5.74, 6) is 2.08. The van der Waals surface area contributed by atoms with Gasteiger partial charge in [0.05, 0.1) is 12.5 Å². The van der Waals surface area contributed by atoms with Crippen molar-refractivity contribution in [1.29, 1.82) is 0 Å². The molecule has 0 unspecified atom stereocenters. The molecule has 11 heteroatoms. The lowest BCUT2D eigenvalue weighted by molar-refractivity contribution is 0.382. The van der Waals surface area contributed by atoms with Gasteiger partial charge in [-0.15, -0.1) is 0 Å². The minimum Gasteiger partial charge on any atom is -0.354 e. The second-order valence-electron chi connectivity index (χ2n) is 6.41. The number of aromatic amines is 1. The molecular weight excluding hydrogens is 380 g/mol. The van der Waals surface area contributed by atoms with Crippen LogP contribution in [0.4, 0.5) is 17.5 Å². The van der Waals surface area contributed by atoms with Crippen LogP contribution in [0.5, 0.6) is 0 Å². The second kappa shape index (κ2) is 7.52. The van der Waals surface area contributed by atoms with E-state index in [1.54, 1.807) is 6.20 Å². The van der Waals surface area contributed by atoms with E-state index >= 15 is 0 Å². The molecule has 1 fully saturated rings. The maximum Gasteiger partial charge on any atom is 0.260 e. The van der Waals surface area contributed by atoms with Gasteiger partial charge in [-0.3, -0.25) is 0 Å². The number of hydrogen-bond donors (Lipinski definition) is 2. The molecule has 0 bridgehead atoms. The van der Waals surface area contributed by atoms with Crippen molar-refractivity contribution in [3.05, 3.63) is 48.8 Å². The number of pyridine rings is 1. The van der Waals surface area contributed by atoms with Crippen LogP contribution in [-0.4, -0.2) is 63.8 Å². The Balaban J connectivity index is 1.44. The van der Waals surface area contributed by atoms with Gasteiger partial charge in [-0.05, 0) is 24.6 Å². The van der Waals surface area contributed by atoms with Crippen molar-refractivity contribution in [1.82, 2.24) is 29.2 Å². The quantitative estimate of drug-likeness (QED) is 0.655. The topological polar surface area (TPSA) is 120 Å². The zero-order valence-corrected chi connectivity index (χ0v) is 16.1. The van der Waals surface area contributed by atoms with E-state index in [-0.39, 0.29) is 5.03 Å². The second-order valence-corrected chi connectivity index (χ2v) is 8.32. The van der Waals surface area contributed by atoms with E-state index in [4.69, 9.17) is 0 Å². The summed E-state index contributed by atoms with van der Waals surface area (Å²) >= 11 is 0. The number of H-pyrrole nitrogens is 1. The minimum atomic E-state index is -3.54. The number of anilines is 3. The average Bonchev–Trinajstić information content (AvgIpc) is 3.24. The molecule has 2 N–H and O–H groups in total. The van der Waals surface area contributed by atoms with Gasteiger partial charge < -0.3 is 15.2 Å². The Morgan fingerprint density at radius 3 is 2.57 bits per heavy atom. The summed E-state index contributed by atoms with van der Waals surface area (Å²) in [4.78, 5) is 21.3. The fourth-order valence-electron chi connectivity index (χ4n) is 3.00. The van der Waals surface area contributed by atoms with Crippen LogP contribution in [0.1, 0.15) is 5.56 Å². The fourth-order valence-corrected chi connectivity index (χ4v) is 4.32. The lowest BCUT2D eigenvalue weighted by atomic mass is 10.3. The Labute approximate surface area is 162 Å². The van der Waals surface area contributed by atoms with Crippen LogP contribution in [0.3, 0.4) is 0 Å².